The average Bonchev–Trinajstić information content (AvgIpc) is 3.20. The van der Waals surface area contributed by atoms with E-state index >= 15 is 0 Å². The number of nitrogens with one attached hydrogen (secondary N) is 1. The first-order valence-electron chi connectivity index (χ1n) is 10.0. The van der Waals surface area contributed by atoms with Crippen LogP contribution < -0.4 is 5.56 Å². The van der Waals surface area contributed by atoms with E-state index < -0.39 is 0 Å². The first kappa shape index (κ1) is 20.0. The van der Waals surface area contributed by atoms with Crippen molar-refractivity contribution in [3.05, 3.63) is 99.8 Å². The van der Waals surface area contributed by atoms with E-state index in [-0.39, 0.29) is 11.2 Å². The maximum absolute atomic E-state index is 13.6. The van der Waals surface area contributed by atoms with Gasteiger partial charge in [0.1, 0.15) is 5.69 Å². The molecule has 32 heavy (non-hydrogen) atoms. The molecular formula is C25H18N4O2S. The predicted octanol–water partition coefficient (Wildman–Crippen LogP) is 6.02. The molecule has 0 aliphatic heterocycles. The fraction of sp³-hybridized carbons (Fsp3) is 0.0400. The van der Waals surface area contributed by atoms with E-state index in [9.17, 15) is 9.70 Å². The summed E-state index contributed by atoms with van der Waals surface area (Å²) in [4.78, 5) is 29.8. The van der Waals surface area contributed by atoms with E-state index in [4.69, 9.17) is 4.98 Å². The number of H-pyrrole nitrogens is 1. The lowest BCUT2D eigenvalue weighted by molar-refractivity contribution is 0.896. The van der Waals surface area contributed by atoms with E-state index in [1.807, 2.05) is 67.6 Å². The van der Waals surface area contributed by atoms with Crippen molar-refractivity contribution in [1.29, 1.82) is 0 Å². The van der Waals surface area contributed by atoms with Gasteiger partial charge < -0.3 is 0 Å². The zero-order valence-corrected chi connectivity index (χ0v) is 18.0. The van der Waals surface area contributed by atoms with Gasteiger partial charge in [-0.25, -0.2) is 4.98 Å². The molecule has 156 valence electrons. The summed E-state index contributed by atoms with van der Waals surface area (Å²) in [6.45, 7) is 1.81. The number of hydrogen-bond acceptors (Lipinski definition) is 5. The van der Waals surface area contributed by atoms with E-state index in [1.54, 1.807) is 18.2 Å². The Hall–Kier alpha value is -3.97. The summed E-state index contributed by atoms with van der Waals surface area (Å²) in [6, 6.07) is 24.6. The van der Waals surface area contributed by atoms with Gasteiger partial charge in [-0.3, -0.25) is 9.89 Å². The fourth-order valence-corrected chi connectivity index (χ4v) is 4.21. The normalized spacial score (nSPS) is 11.1. The van der Waals surface area contributed by atoms with Crippen LogP contribution in [0.4, 0.5) is 5.69 Å². The highest BCUT2D eigenvalue weighted by atomic mass is 32.1. The molecule has 0 spiro atoms. The third-order valence-electron chi connectivity index (χ3n) is 5.45. The number of nitroso groups, excluding NO2 is 1. The van der Waals surface area contributed by atoms with Gasteiger partial charge in [-0.15, -0.1) is 17.5 Å². The molecule has 0 bridgehead atoms. The molecule has 0 aliphatic rings. The molecule has 1 N–H and O–H groups in total. The number of fused-ring (bicyclic) bond motifs is 1. The smallest absolute Gasteiger partial charge is 0.280 e. The summed E-state index contributed by atoms with van der Waals surface area (Å²) in [6.07, 6.45) is 0. The van der Waals surface area contributed by atoms with Crippen molar-refractivity contribution in [2.45, 2.75) is 11.8 Å². The average molecular weight is 439 g/mol. The highest BCUT2D eigenvalue weighted by molar-refractivity contribution is 7.80. The summed E-state index contributed by atoms with van der Waals surface area (Å²) in [5, 5.41) is 6.23. The van der Waals surface area contributed by atoms with Gasteiger partial charge in [-0.2, -0.15) is 4.52 Å². The summed E-state index contributed by atoms with van der Waals surface area (Å²) in [7, 11) is 0. The molecular weight excluding hydrogens is 420 g/mol. The third kappa shape index (κ3) is 3.23. The molecule has 0 saturated carbocycles. The lowest BCUT2D eigenvalue weighted by Gasteiger charge is -2.08. The molecule has 5 aromatic rings. The van der Waals surface area contributed by atoms with E-state index in [0.29, 0.717) is 27.4 Å². The Morgan fingerprint density at radius 2 is 1.53 bits per heavy atom. The maximum Gasteiger partial charge on any atom is 0.280 e. The van der Waals surface area contributed by atoms with Crippen LogP contribution in [0.2, 0.25) is 0 Å². The first-order valence-corrected chi connectivity index (χ1v) is 10.5. The molecule has 0 radical (unpaired) electrons. The monoisotopic (exact) mass is 438 g/mol. The van der Waals surface area contributed by atoms with Crippen molar-refractivity contribution < 1.29 is 0 Å². The zero-order valence-electron chi connectivity index (χ0n) is 17.1. The summed E-state index contributed by atoms with van der Waals surface area (Å²) in [5.41, 5.74) is 5.79. The Balaban J connectivity index is 1.83. The van der Waals surface area contributed by atoms with E-state index in [2.05, 4.69) is 22.9 Å². The van der Waals surface area contributed by atoms with Crippen molar-refractivity contribution in [2.24, 2.45) is 5.18 Å². The number of rotatable bonds is 4. The van der Waals surface area contributed by atoms with Crippen LogP contribution in [0.5, 0.6) is 0 Å². The second-order valence-corrected chi connectivity index (χ2v) is 7.91. The van der Waals surface area contributed by atoms with Crippen LogP contribution in [0.15, 0.2) is 93.7 Å². The molecule has 6 nitrogen and oxygen atoms in total. The second kappa shape index (κ2) is 7.94. The van der Waals surface area contributed by atoms with Gasteiger partial charge in [-0.05, 0) is 35.4 Å². The number of benzene rings is 3. The second-order valence-electron chi connectivity index (χ2n) is 7.43. The van der Waals surface area contributed by atoms with Crippen LogP contribution in [0.1, 0.15) is 5.69 Å². The highest BCUT2D eigenvalue weighted by Gasteiger charge is 2.21. The Kier molecular flexibility index (Phi) is 4.95. The van der Waals surface area contributed by atoms with Crippen LogP contribution >= 0.6 is 12.6 Å². The van der Waals surface area contributed by atoms with Gasteiger partial charge in [0, 0.05) is 10.5 Å². The van der Waals surface area contributed by atoms with Crippen molar-refractivity contribution in [3.63, 3.8) is 0 Å². The molecule has 3 aromatic carbocycles. The Bertz CT molecular complexity index is 1520. The van der Waals surface area contributed by atoms with Crippen LogP contribution in [0, 0.1) is 11.8 Å². The van der Waals surface area contributed by atoms with Gasteiger partial charge in [0.15, 0.2) is 5.65 Å². The minimum absolute atomic E-state index is 0.224. The maximum atomic E-state index is 13.6. The number of hydrogen-bond donors (Lipinski definition) is 2. The lowest BCUT2D eigenvalue weighted by Crippen LogP contribution is -2.19. The van der Waals surface area contributed by atoms with Gasteiger partial charge >= 0.3 is 0 Å². The Morgan fingerprint density at radius 1 is 0.875 bits per heavy atom. The van der Waals surface area contributed by atoms with Gasteiger partial charge in [0.2, 0.25) is 0 Å². The Morgan fingerprint density at radius 3 is 2.16 bits per heavy atom. The number of aromatic nitrogens is 3. The van der Waals surface area contributed by atoms with Crippen LogP contribution in [0.25, 0.3) is 39.2 Å². The van der Waals surface area contributed by atoms with Gasteiger partial charge in [0.25, 0.3) is 5.56 Å². The number of nitrogens with zero attached hydrogens (tertiary/aromatic N) is 3. The largest absolute Gasteiger partial charge is 0.288 e. The summed E-state index contributed by atoms with van der Waals surface area (Å²) >= 11 is 4.32. The predicted molar refractivity (Wildman–Crippen MR) is 130 cm³/mol. The molecule has 5 rings (SSSR count). The minimum Gasteiger partial charge on any atom is -0.288 e. The van der Waals surface area contributed by atoms with Crippen LogP contribution in [-0.2, 0) is 0 Å². The van der Waals surface area contributed by atoms with Crippen LogP contribution in [-0.4, -0.2) is 14.6 Å². The molecule has 2 aromatic heterocycles. The van der Waals surface area contributed by atoms with Crippen molar-refractivity contribution >= 4 is 24.0 Å². The molecule has 0 aliphatic carbocycles. The molecule has 0 atom stereocenters. The van der Waals surface area contributed by atoms with Crippen LogP contribution in [0.3, 0.4) is 0 Å². The molecule has 0 amide bonds. The summed E-state index contributed by atoms with van der Waals surface area (Å²) in [5.74, 6) is 0. The number of thiol groups is 1. The SMILES string of the molecule is Cc1nc2c(-c3ccccc3)c(-c3ccccc3)[nH]n2c(=O)c1-c1ccc(N=O)c(S)c1. The van der Waals surface area contributed by atoms with E-state index in [0.717, 1.165) is 22.4 Å². The highest BCUT2D eigenvalue weighted by Crippen LogP contribution is 2.35. The fourth-order valence-electron chi connectivity index (χ4n) is 3.96. The van der Waals surface area contributed by atoms with Gasteiger partial charge in [0.05, 0.1) is 22.5 Å². The topological polar surface area (TPSA) is 79.6 Å². The quantitative estimate of drug-likeness (QED) is 0.266. The van der Waals surface area contributed by atoms with Crippen molar-refractivity contribution in [2.75, 3.05) is 0 Å². The molecule has 0 fully saturated rings. The third-order valence-corrected chi connectivity index (χ3v) is 5.81. The summed E-state index contributed by atoms with van der Waals surface area (Å²) < 4.78 is 1.48. The lowest BCUT2D eigenvalue weighted by atomic mass is 10.0. The molecule has 0 unspecified atom stereocenters. The van der Waals surface area contributed by atoms with E-state index in [1.165, 1.54) is 4.52 Å². The van der Waals surface area contributed by atoms with Crippen molar-refractivity contribution in [1.82, 2.24) is 14.6 Å². The molecule has 0 saturated heterocycles. The molecule has 7 heteroatoms. The zero-order chi connectivity index (χ0) is 22.2. The van der Waals surface area contributed by atoms with Crippen molar-refractivity contribution in [3.8, 4) is 33.5 Å². The number of aryl methyl sites for hydroxylation is 1. The minimum atomic E-state index is -0.230. The Labute approximate surface area is 189 Å². The first-order chi connectivity index (χ1) is 15.6. The number of aromatic amines is 1. The standard InChI is InChI=1S/C25H18N4O2S/c1-15-21(18-12-13-19(28-31)20(32)14-18)25(30)29-24(26-15)22(16-8-4-2-5-9-16)23(27-29)17-10-6-3-7-11-17/h2-14,27,32H,1H3. The molecule has 2 heterocycles. The van der Waals surface area contributed by atoms with Gasteiger partial charge in [-0.1, -0.05) is 66.7 Å².